The molecule has 2 aromatic rings. The van der Waals surface area contributed by atoms with Crippen LogP contribution < -0.4 is 0 Å². The lowest BCUT2D eigenvalue weighted by molar-refractivity contribution is -0.131. The summed E-state index contributed by atoms with van der Waals surface area (Å²) < 4.78 is 0. The van der Waals surface area contributed by atoms with Crippen LogP contribution in [-0.4, -0.2) is 16.1 Å². The standard InChI is InChI=1S/C12H11NO2/c1-8-6-10-4-2-9(3-5-12(14)15)7-11(10)13-8/h2-7,13H,1H3,(H,14,15). The first-order valence-corrected chi connectivity index (χ1v) is 4.65. The molecule has 0 atom stereocenters. The van der Waals surface area contributed by atoms with Crippen LogP contribution in [0.1, 0.15) is 11.3 Å². The number of hydrogen-bond acceptors (Lipinski definition) is 1. The van der Waals surface area contributed by atoms with Crippen LogP contribution in [0.2, 0.25) is 0 Å². The highest BCUT2D eigenvalue weighted by Gasteiger charge is 1.97. The van der Waals surface area contributed by atoms with E-state index in [1.807, 2.05) is 25.1 Å². The van der Waals surface area contributed by atoms with Gasteiger partial charge in [0.15, 0.2) is 0 Å². The summed E-state index contributed by atoms with van der Waals surface area (Å²) in [5.74, 6) is -0.933. The molecule has 0 fully saturated rings. The van der Waals surface area contributed by atoms with E-state index in [1.165, 1.54) is 0 Å². The fourth-order valence-electron chi connectivity index (χ4n) is 1.56. The molecule has 0 unspecified atom stereocenters. The second-order valence-corrected chi connectivity index (χ2v) is 3.47. The van der Waals surface area contributed by atoms with Crippen molar-refractivity contribution in [2.75, 3.05) is 0 Å². The van der Waals surface area contributed by atoms with Crippen molar-refractivity contribution in [3.8, 4) is 0 Å². The molecule has 1 aromatic heterocycles. The summed E-state index contributed by atoms with van der Waals surface area (Å²) in [6.45, 7) is 1.99. The van der Waals surface area contributed by atoms with Crippen molar-refractivity contribution >= 4 is 22.9 Å². The number of fused-ring (bicyclic) bond motifs is 1. The first kappa shape index (κ1) is 9.52. The van der Waals surface area contributed by atoms with E-state index in [-0.39, 0.29) is 0 Å². The van der Waals surface area contributed by atoms with Gasteiger partial charge in [-0.2, -0.15) is 0 Å². The number of aromatic amines is 1. The smallest absolute Gasteiger partial charge is 0.328 e. The molecular formula is C12H11NO2. The third-order valence-electron chi connectivity index (χ3n) is 2.20. The zero-order valence-electron chi connectivity index (χ0n) is 8.32. The maximum Gasteiger partial charge on any atom is 0.328 e. The summed E-state index contributed by atoms with van der Waals surface area (Å²) in [5, 5.41) is 9.64. The van der Waals surface area contributed by atoms with E-state index in [0.717, 1.165) is 28.2 Å². The molecule has 76 valence electrons. The van der Waals surface area contributed by atoms with Gasteiger partial charge in [0.1, 0.15) is 0 Å². The molecule has 0 aliphatic carbocycles. The van der Waals surface area contributed by atoms with Crippen LogP contribution >= 0.6 is 0 Å². The Morgan fingerprint density at radius 1 is 1.40 bits per heavy atom. The molecule has 2 rings (SSSR count). The second-order valence-electron chi connectivity index (χ2n) is 3.47. The largest absolute Gasteiger partial charge is 0.478 e. The summed E-state index contributed by atoms with van der Waals surface area (Å²) in [6.07, 6.45) is 2.72. The number of nitrogens with one attached hydrogen (secondary N) is 1. The minimum atomic E-state index is -0.933. The monoisotopic (exact) mass is 201 g/mol. The fraction of sp³-hybridized carbons (Fsp3) is 0.0833. The maximum absolute atomic E-state index is 10.3. The van der Waals surface area contributed by atoms with Crippen molar-refractivity contribution in [1.29, 1.82) is 0 Å². The average molecular weight is 201 g/mol. The Hall–Kier alpha value is -2.03. The molecule has 0 saturated heterocycles. The van der Waals surface area contributed by atoms with E-state index in [0.29, 0.717) is 0 Å². The van der Waals surface area contributed by atoms with E-state index in [2.05, 4.69) is 11.1 Å². The fourth-order valence-corrected chi connectivity index (χ4v) is 1.56. The molecule has 15 heavy (non-hydrogen) atoms. The van der Waals surface area contributed by atoms with Gasteiger partial charge in [-0.25, -0.2) is 4.79 Å². The second kappa shape index (κ2) is 3.61. The van der Waals surface area contributed by atoms with Gasteiger partial charge in [0.25, 0.3) is 0 Å². The number of rotatable bonds is 2. The number of benzene rings is 1. The summed E-state index contributed by atoms with van der Waals surface area (Å²) >= 11 is 0. The van der Waals surface area contributed by atoms with E-state index in [1.54, 1.807) is 6.08 Å². The number of carboxylic acid groups (broad SMARTS) is 1. The third-order valence-corrected chi connectivity index (χ3v) is 2.20. The van der Waals surface area contributed by atoms with Crippen LogP contribution in [0.5, 0.6) is 0 Å². The number of H-pyrrole nitrogens is 1. The summed E-state index contributed by atoms with van der Waals surface area (Å²) in [5.41, 5.74) is 3.01. The zero-order valence-corrected chi connectivity index (χ0v) is 8.32. The summed E-state index contributed by atoms with van der Waals surface area (Å²) in [6, 6.07) is 7.86. The Bertz CT molecular complexity index is 538. The van der Waals surface area contributed by atoms with Gasteiger partial charge in [-0.3, -0.25) is 0 Å². The molecule has 0 spiro atoms. The minimum Gasteiger partial charge on any atom is -0.478 e. The summed E-state index contributed by atoms with van der Waals surface area (Å²) in [7, 11) is 0. The normalized spacial score (nSPS) is 11.3. The quantitative estimate of drug-likeness (QED) is 0.734. The van der Waals surface area contributed by atoms with Gasteiger partial charge < -0.3 is 10.1 Å². The molecule has 0 saturated carbocycles. The van der Waals surface area contributed by atoms with Crippen molar-refractivity contribution in [2.24, 2.45) is 0 Å². The van der Waals surface area contributed by atoms with Gasteiger partial charge in [-0.15, -0.1) is 0 Å². The lowest BCUT2D eigenvalue weighted by Gasteiger charge is -1.93. The van der Waals surface area contributed by atoms with Crippen molar-refractivity contribution in [1.82, 2.24) is 4.98 Å². The molecule has 2 N–H and O–H groups in total. The van der Waals surface area contributed by atoms with Gasteiger partial charge in [-0.05, 0) is 36.1 Å². The number of carboxylic acids is 1. The highest BCUT2D eigenvalue weighted by Crippen LogP contribution is 2.17. The van der Waals surface area contributed by atoms with Gasteiger partial charge in [0.2, 0.25) is 0 Å². The first-order valence-electron chi connectivity index (χ1n) is 4.65. The predicted molar refractivity (Wildman–Crippen MR) is 59.7 cm³/mol. The topological polar surface area (TPSA) is 53.1 Å². The average Bonchev–Trinajstić information content (AvgIpc) is 2.53. The van der Waals surface area contributed by atoms with Crippen LogP contribution in [0, 0.1) is 6.92 Å². The van der Waals surface area contributed by atoms with Crippen LogP contribution in [0.3, 0.4) is 0 Å². The van der Waals surface area contributed by atoms with Gasteiger partial charge >= 0.3 is 5.97 Å². The molecule has 3 heteroatoms. The van der Waals surface area contributed by atoms with Crippen molar-refractivity contribution < 1.29 is 9.90 Å². The van der Waals surface area contributed by atoms with Gasteiger partial charge in [-0.1, -0.05) is 12.1 Å². The van der Waals surface area contributed by atoms with E-state index >= 15 is 0 Å². The van der Waals surface area contributed by atoms with Crippen molar-refractivity contribution in [3.63, 3.8) is 0 Å². The number of carbonyl (C=O) groups is 1. The maximum atomic E-state index is 10.3. The molecule has 0 amide bonds. The number of hydrogen-bond donors (Lipinski definition) is 2. The minimum absolute atomic E-state index is 0.881. The lowest BCUT2D eigenvalue weighted by atomic mass is 10.1. The van der Waals surface area contributed by atoms with E-state index in [4.69, 9.17) is 5.11 Å². The predicted octanol–water partition coefficient (Wildman–Crippen LogP) is 2.57. The third kappa shape index (κ3) is 2.07. The van der Waals surface area contributed by atoms with Crippen LogP contribution in [0.25, 0.3) is 17.0 Å². The molecular weight excluding hydrogens is 190 g/mol. The van der Waals surface area contributed by atoms with Gasteiger partial charge in [0.05, 0.1) is 0 Å². The van der Waals surface area contributed by atoms with E-state index in [9.17, 15) is 4.79 Å². The molecule has 0 radical (unpaired) electrons. The number of aromatic nitrogens is 1. The Morgan fingerprint density at radius 2 is 2.20 bits per heavy atom. The van der Waals surface area contributed by atoms with Crippen LogP contribution in [0.15, 0.2) is 30.3 Å². The summed E-state index contributed by atoms with van der Waals surface area (Å²) in [4.78, 5) is 13.6. The SMILES string of the molecule is Cc1cc2ccc(C=CC(=O)O)cc2[nH]1. The number of aliphatic carboxylic acids is 1. The highest BCUT2D eigenvalue weighted by atomic mass is 16.4. The van der Waals surface area contributed by atoms with E-state index < -0.39 is 5.97 Å². The Kier molecular flexibility index (Phi) is 2.29. The first-order chi connectivity index (χ1) is 7.15. The van der Waals surface area contributed by atoms with Crippen LogP contribution in [0.4, 0.5) is 0 Å². The van der Waals surface area contributed by atoms with Gasteiger partial charge in [0, 0.05) is 17.3 Å². The molecule has 0 aliphatic heterocycles. The molecule has 1 aromatic carbocycles. The Labute approximate surface area is 87.0 Å². The Morgan fingerprint density at radius 3 is 2.93 bits per heavy atom. The zero-order chi connectivity index (χ0) is 10.8. The molecule has 3 nitrogen and oxygen atoms in total. The molecule has 0 bridgehead atoms. The lowest BCUT2D eigenvalue weighted by Crippen LogP contribution is -1.85. The van der Waals surface area contributed by atoms with Crippen molar-refractivity contribution in [2.45, 2.75) is 6.92 Å². The Balaban J connectivity index is 2.42. The highest BCUT2D eigenvalue weighted by molar-refractivity contribution is 5.87. The molecule has 0 aliphatic rings. The molecule has 1 heterocycles. The van der Waals surface area contributed by atoms with Crippen LogP contribution in [-0.2, 0) is 4.79 Å². The number of aryl methyl sites for hydroxylation is 1. The van der Waals surface area contributed by atoms with Crippen molar-refractivity contribution in [3.05, 3.63) is 41.6 Å².